The lowest BCUT2D eigenvalue weighted by Gasteiger charge is -2.19. The molecule has 6 heteroatoms. The first-order valence-corrected chi connectivity index (χ1v) is 6.01. The van der Waals surface area contributed by atoms with Crippen LogP contribution >= 0.6 is 0 Å². The molecule has 1 aromatic heterocycles. The second-order valence-electron chi connectivity index (χ2n) is 4.21. The first-order valence-electron chi connectivity index (χ1n) is 6.01. The Morgan fingerprint density at radius 3 is 2.79 bits per heavy atom. The summed E-state index contributed by atoms with van der Waals surface area (Å²) in [4.78, 5) is 13.8. The number of anilines is 2. The lowest BCUT2D eigenvalue weighted by Crippen LogP contribution is -2.33. The molecular formula is C13H17N5O. The van der Waals surface area contributed by atoms with Gasteiger partial charge in [-0.1, -0.05) is 18.2 Å². The highest BCUT2D eigenvalue weighted by Gasteiger charge is 2.10. The maximum atomic E-state index is 11.8. The van der Waals surface area contributed by atoms with Crippen LogP contribution in [0.5, 0.6) is 0 Å². The first-order chi connectivity index (χ1) is 9.18. The summed E-state index contributed by atoms with van der Waals surface area (Å²) in [6.45, 7) is 1.24. The molecule has 19 heavy (non-hydrogen) atoms. The number of aromatic nitrogens is 2. The van der Waals surface area contributed by atoms with Crippen LogP contribution in [0.25, 0.3) is 0 Å². The van der Waals surface area contributed by atoms with Gasteiger partial charge < -0.3 is 16.0 Å². The Bertz CT molecular complexity index is 537. The van der Waals surface area contributed by atoms with Crippen molar-refractivity contribution < 1.29 is 4.79 Å². The predicted octanol–water partition coefficient (Wildman–Crippen LogP) is 0.858. The van der Waals surface area contributed by atoms with Gasteiger partial charge in [0, 0.05) is 25.8 Å². The smallest absolute Gasteiger partial charge is 0.271 e. The molecule has 0 fully saturated rings. The number of para-hydroxylation sites is 1. The van der Waals surface area contributed by atoms with Gasteiger partial charge in [0.2, 0.25) is 0 Å². The fourth-order valence-electron chi connectivity index (χ4n) is 1.71. The minimum atomic E-state index is -0.239. The summed E-state index contributed by atoms with van der Waals surface area (Å²) in [6, 6.07) is 9.98. The number of nitrogens with two attached hydrogens (primary N) is 1. The highest BCUT2D eigenvalue weighted by atomic mass is 16.1. The molecule has 0 spiro atoms. The Morgan fingerprint density at radius 1 is 1.42 bits per heavy atom. The van der Waals surface area contributed by atoms with Gasteiger partial charge in [-0.05, 0) is 12.1 Å². The Kier molecular flexibility index (Phi) is 4.02. The molecular weight excluding hydrogens is 242 g/mol. The third kappa shape index (κ3) is 3.25. The highest BCUT2D eigenvalue weighted by molar-refractivity contribution is 5.96. The minimum absolute atomic E-state index is 0.239. The van der Waals surface area contributed by atoms with E-state index in [2.05, 4.69) is 20.4 Å². The zero-order valence-electron chi connectivity index (χ0n) is 10.8. The lowest BCUT2D eigenvalue weighted by atomic mass is 10.3. The van der Waals surface area contributed by atoms with Crippen LogP contribution in [0.2, 0.25) is 0 Å². The van der Waals surface area contributed by atoms with Crippen molar-refractivity contribution in [3.63, 3.8) is 0 Å². The van der Waals surface area contributed by atoms with Crippen LogP contribution in [0.15, 0.2) is 36.5 Å². The topological polar surface area (TPSA) is 87.0 Å². The summed E-state index contributed by atoms with van der Waals surface area (Å²) in [7, 11) is 1.98. The van der Waals surface area contributed by atoms with Crippen LogP contribution in [0, 0.1) is 0 Å². The molecule has 1 heterocycles. The molecule has 0 aliphatic heterocycles. The number of carbonyl (C=O) groups excluding carboxylic acids is 1. The number of aromatic amines is 1. The van der Waals surface area contributed by atoms with Gasteiger partial charge in [-0.15, -0.1) is 0 Å². The van der Waals surface area contributed by atoms with E-state index in [0.29, 0.717) is 24.5 Å². The molecule has 2 rings (SSSR count). The SMILES string of the molecule is CN(CCNC(=O)c1[nH]ncc1N)c1ccccc1. The molecule has 0 atom stereocenters. The molecule has 0 aliphatic rings. The predicted molar refractivity (Wildman–Crippen MR) is 75.0 cm³/mol. The number of H-pyrrole nitrogens is 1. The molecule has 0 unspecified atom stereocenters. The van der Waals surface area contributed by atoms with E-state index in [9.17, 15) is 4.79 Å². The van der Waals surface area contributed by atoms with Gasteiger partial charge in [0.1, 0.15) is 5.69 Å². The molecule has 0 saturated carbocycles. The van der Waals surface area contributed by atoms with Crippen LogP contribution in [0.3, 0.4) is 0 Å². The van der Waals surface area contributed by atoms with E-state index in [1.807, 2.05) is 37.4 Å². The zero-order chi connectivity index (χ0) is 13.7. The number of nitrogens with one attached hydrogen (secondary N) is 2. The normalized spacial score (nSPS) is 10.2. The number of nitrogen functional groups attached to an aromatic ring is 1. The van der Waals surface area contributed by atoms with Gasteiger partial charge in [0.05, 0.1) is 11.9 Å². The van der Waals surface area contributed by atoms with Crippen LogP contribution in [0.4, 0.5) is 11.4 Å². The van der Waals surface area contributed by atoms with E-state index < -0.39 is 0 Å². The molecule has 0 radical (unpaired) electrons. The summed E-state index contributed by atoms with van der Waals surface area (Å²) < 4.78 is 0. The number of hydrogen-bond acceptors (Lipinski definition) is 4. The van der Waals surface area contributed by atoms with Gasteiger partial charge in [-0.25, -0.2) is 0 Å². The van der Waals surface area contributed by atoms with Crippen molar-refractivity contribution >= 4 is 17.3 Å². The molecule has 0 aliphatic carbocycles. The fraction of sp³-hybridized carbons (Fsp3) is 0.231. The summed E-state index contributed by atoms with van der Waals surface area (Å²) in [5, 5.41) is 9.08. The summed E-state index contributed by atoms with van der Waals surface area (Å²) in [6.07, 6.45) is 1.42. The lowest BCUT2D eigenvalue weighted by molar-refractivity contribution is 0.0950. The quantitative estimate of drug-likeness (QED) is 0.743. The Morgan fingerprint density at radius 2 is 2.16 bits per heavy atom. The van der Waals surface area contributed by atoms with E-state index in [1.165, 1.54) is 6.20 Å². The molecule has 6 nitrogen and oxygen atoms in total. The summed E-state index contributed by atoms with van der Waals surface area (Å²) in [5.74, 6) is -0.239. The van der Waals surface area contributed by atoms with Gasteiger partial charge in [0.25, 0.3) is 5.91 Å². The Labute approximate surface area is 111 Å². The molecule has 100 valence electrons. The Hall–Kier alpha value is -2.50. The standard InChI is InChI=1S/C13H17N5O/c1-18(10-5-3-2-4-6-10)8-7-15-13(19)12-11(14)9-16-17-12/h2-6,9H,7-8,14H2,1H3,(H,15,19)(H,16,17). The maximum absolute atomic E-state index is 11.8. The first kappa shape index (κ1) is 12.9. The molecule has 1 amide bonds. The maximum Gasteiger partial charge on any atom is 0.271 e. The van der Waals surface area contributed by atoms with Crippen molar-refractivity contribution in [2.75, 3.05) is 30.8 Å². The number of likely N-dealkylation sites (N-methyl/N-ethyl adjacent to an activating group) is 1. The van der Waals surface area contributed by atoms with E-state index in [1.54, 1.807) is 0 Å². The van der Waals surface area contributed by atoms with E-state index in [-0.39, 0.29) is 5.91 Å². The van der Waals surface area contributed by atoms with Crippen molar-refractivity contribution in [1.82, 2.24) is 15.5 Å². The fourth-order valence-corrected chi connectivity index (χ4v) is 1.71. The third-order valence-corrected chi connectivity index (χ3v) is 2.83. The number of amides is 1. The number of carbonyl (C=O) groups is 1. The third-order valence-electron chi connectivity index (χ3n) is 2.83. The van der Waals surface area contributed by atoms with Crippen molar-refractivity contribution in [3.8, 4) is 0 Å². The van der Waals surface area contributed by atoms with Crippen molar-refractivity contribution in [2.24, 2.45) is 0 Å². The van der Waals surface area contributed by atoms with Crippen LogP contribution in [0.1, 0.15) is 10.5 Å². The molecule has 2 aromatic rings. The monoisotopic (exact) mass is 259 g/mol. The molecule has 4 N–H and O–H groups in total. The number of rotatable bonds is 5. The van der Waals surface area contributed by atoms with Crippen LogP contribution < -0.4 is 16.0 Å². The van der Waals surface area contributed by atoms with Gasteiger partial charge in [0.15, 0.2) is 0 Å². The average molecular weight is 259 g/mol. The number of benzene rings is 1. The highest BCUT2D eigenvalue weighted by Crippen LogP contribution is 2.10. The second kappa shape index (κ2) is 5.90. The molecule has 0 bridgehead atoms. The van der Waals surface area contributed by atoms with Gasteiger partial charge >= 0.3 is 0 Å². The summed E-state index contributed by atoms with van der Waals surface area (Å²) in [5.41, 5.74) is 7.37. The minimum Gasteiger partial charge on any atom is -0.396 e. The molecule has 0 saturated heterocycles. The number of nitrogens with zero attached hydrogens (tertiary/aromatic N) is 2. The van der Waals surface area contributed by atoms with Crippen molar-refractivity contribution in [3.05, 3.63) is 42.2 Å². The van der Waals surface area contributed by atoms with Crippen LogP contribution in [-0.2, 0) is 0 Å². The van der Waals surface area contributed by atoms with E-state index >= 15 is 0 Å². The van der Waals surface area contributed by atoms with Gasteiger partial charge in [-0.2, -0.15) is 5.10 Å². The van der Waals surface area contributed by atoms with E-state index in [0.717, 1.165) is 5.69 Å². The van der Waals surface area contributed by atoms with Crippen LogP contribution in [-0.4, -0.2) is 36.2 Å². The zero-order valence-corrected chi connectivity index (χ0v) is 10.8. The largest absolute Gasteiger partial charge is 0.396 e. The average Bonchev–Trinajstić information content (AvgIpc) is 2.86. The van der Waals surface area contributed by atoms with Gasteiger partial charge in [-0.3, -0.25) is 9.89 Å². The number of hydrogen-bond donors (Lipinski definition) is 3. The van der Waals surface area contributed by atoms with Crippen molar-refractivity contribution in [1.29, 1.82) is 0 Å². The van der Waals surface area contributed by atoms with Crippen molar-refractivity contribution in [2.45, 2.75) is 0 Å². The molecule has 1 aromatic carbocycles. The van der Waals surface area contributed by atoms with E-state index in [4.69, 9.17) is 5.73 Å². The Balaban J connectivity index is 1.81. The summed E-state index contributed by atoms with van der Waals surface area (Å²) >= 11 is 0. The second-order valence-corrected chi connectivity index (χ2v) is 4.21.